The fraction of sp³-hybridized carbons (Fsp3) is 0.0526. The second-order valence-corrected chi connectivity index (χ2v) is 6.70. The highest BCUT2D eigenvalue weighted by molar-refractivity contribution is 7.13. The van der Waals surface area contributed by atoms with E-state index in [4.69, 9.17) is 26.2 Å². The van der Waals surface area contributed by atoms with E-state index in [1.54, 1.807) is 13.2 Å². The molecule has 0 fully saturated rings. The van der Waals surface area contributed by atoms with Gasteiger partial charge < -0.3 is 9.15 Å². The van der Waals surface area contributed by atoms with Crippen LogP contribution in [0.1, 0.15) is 0 Å². The first-order valence-corrected chi connectivity index (χ1v) is 8.79. The van der Waals surface area contributed by atoms with E-state index in [1.165, 1.54) is 11.3 Å². The highest BCUT2D eigenvalue weighted by atomic mass is 35.5. The maximum atomic E-state index is 8.17. The predicted octanol–water partition coefficient (Wildman–Crippen LogP) is 5.36. The molecule has 25 heavy (non-hydrogen) atoms. The van der Waals surface area contributed by atoms with Crippen LogP contribution in [0.15, 0.2) is 58.3 Å². The predicted molar refractivity (Wildman–Crippen MR) is 100 cm³/mol. The Morgan fingerprint density at radius 3 is 2.80 bits per heavy atom. The number of hydrogen-bond acceptors (Lipinski definition) is 5. The molecule has 0 atom stereocenters. The minimum Gasteiger partial charge on any atom is -0.496 e. The normalized spacial score (nSPS) is 11.0. The first-order valence-electron chi connectivity index (χ1n) is 7.53. The number of rotatable bonds is 3. The lowest BCUT2D eigenvalue weighted by Crippen LogP contribution is -2.02. The molecule has 0 aliphatic carbocycles. The zero-order valence-electron chi connectivity index (χ0n) is 13.2. The summed E-state index contributed by atoms with van der Waals surface area (Å²) < 4.78 is 11.0. The number of nitrogens with zero attached hydrogens (tertiary/aromatic N) is 1. The zero-order valence-corrected chi connectivity index (χ0v) is 14.8. The number of para-hydroxylation sites is 1. The molecule has 0 radical (unpaired) electrons. The molecule has 4 rings (SSSR count). The van der Waals surface area contributed by atoms with Crippen molar-refractivity contribution >= 4 is 33.9 Å². The summed E-state index contributed by atoms with van der Waals surface area (Å²) in [5, 5.41) is 12.4. The maximum Gasteiger partial charge on any atom is 0.222 e. The Morgan fingerprint density at radius 1 is 1.12 bits per heavy atom. The van der Waals surface area contributed by atoms with E-state index in [2.05, 4.69) is 4.98 Å². The topological polar surface area (TPSA) is 59.1 Å². The molecule has 124 valence electrons. The molecular formula is C19H13ClN2O2S. The van der Waals surface area contributed by atoms with Crippen molar-refractivity contribution in [3.63, 3.8) is 0 Å². The Morgan fingerprint density at radius 2 is 1.96 bits per heavy atom. The van der Waals surface area contributed by atoms with E-state index in [9.17, 15) is 0 Å². The smallest absolute Gasteiger partial charge is 0.222 e. The second kappa shape index (κ2) is 6.35. The van der Waals surface area contributed by atoms with Crippen LogP contribution >= 0.6 is 22.9 Å². The molecule has 0 saturated heterocycles. The molecule has 2 aromatic heterocycles. The summed E-state index contributed by atoms with van der Waals surface area (Å²) in [5.41, 5.74) is 3.02. The van der Waals surface area contributed by atoms with Gasteiger partial charge in [-0.05, 0) is 30.3 Å². The van der Waals surface area contributed by atoms with E-state index >= 15 is 0 Å². The van der Waals surface area contributed by atoms with Crippen LogP contribution in [0.4, 0.5) is 0 Å². The SMILES string of the molecule is COc1ccc(Cl)cc1-c1csc(-c2cc3ccccc3oc2=N)n1. The van der Waals surface area contributed by atoms with Crippen molar-refractivity contribution in [1.29, 1.82) is 5.41 Å². The fourth-order valence-electron chi connectivity index (χ4n) is 2.64. The Kier molecular flexibility index (Phi) is 4.03. The standard InChI is InChI=1S/C19H13ClN2O2S/c1-23-17-7-6-12(20)9-13(17)15-10-25-19(22-15)14-8-11-4-2-3-5-16(11)24-18(14)21/h2-10,21H,1H3. The molecule has 6 heteroatoms. The second-order valence-electron chi connectivity index (χ2n) is 5.41. The first-order chi connectivity index (χ1) is 12.2. The summed E-state index contributed by atoms with van der Waals surface area (Å²) in [6.07, 6.45) is 0. The lowest BCUT2D eigenvalue weighted by molar-refractivity contribution is 0.416. The van der Waals surface area contributed by atoms with E-state index in [0.29, 0.717) is 21.9 Å². The lowest BCUT2D eigenvalue weighted by Gasteiger charge is -2.06. The summed E-state index contributed by atoms with van der Waals surface area (Å²) in [6, 6.07) is 15.0. The summed E-state index contributed by atoms with van der Waals surface area (Å²) >= 11 is 7.57. The van der Waals surface area contributed by atoms with Crippen molar-refractivity contribution in [3.8, 4) is 27.6 Å². The fourth-order valence-corrected chi connectivity index (χ4v) is 3.64. The van der Waals surface area contributed by atoms with Crippen LogP contribution in [-0.4, -0.2) is 12.1 Å². The van der Waals surface area contributed by atoms with Crippen LogP contribution < -0.4 is 10.3 Å². The summed E-state index contributed by atoms with van der Waals surface area (Å²) in [5.74, 6) is 0.704. The van der Waals surface area contributed by atoms with Crippen molar-refractivity contribution < 1.29 is 9.15 Å². The van der Waals surface area contributed by atoms with Gasteiger partial charge in [0.05, 0.1) is 18.4 Å². The maximum absolute atomic E-state index is 8.17. The number of methoxy groups -OCH3 is 1. The zero-order chi connectivity index (χ0) is 17.4. The van der Waals surface area contributed by atoms with Crippen LogP contribution in [0, 0.1) is 5.41 Å². The largest absolute Gasteiger partial charge is 0.496 e. The van der Waals surface area contributed by atoms with Crippen molar-refractivity contribution in [2.24, 2.45) is 0 Å². The number of aromatic nitrogens is 1. The summed E-state index contributed by atoms with van der Waals surface area (Å²) in [4.78, 5) is 4.67. The van der Waals surface area contributed by atoms with Crippen molar-refractivity contribution in [2.45, 2.75) is 0 Å². The van der Waals surface area contributed by atoms with Crippen LogP contribution in [0.25, 0.3) is 32.8 Å². The molecule has 4 nitrogen and oxygen atoms in total. The molecule has 0 aliphatic rings. The van der Waals surface area contributed by atoms with Crippen LogP contribution in [0.3, 0.4) is 0 Å². The van der Waals surface area contributed by atoms with Crippen molar-refractivity contribution in [3.05, 3.63) is 64.5 Å². The molecule has 2 heterocycles. The first kappa shape index (κ1) is 15.9. The molecule has 1 N–H and O–H groups in total. The summed E-state index contributed by atoms with van der Waals surface area (Å²) in [7, 11) is 1.62. The molecule has 0 unspecified atom stereocenters. The monoisotopic (exact) mass is 368 g/mol. The van der Waals surface area contributed by atoms with Crippen LogP contribution in [0.5, 0.6) is 5.75 Å². The number of fused-ring (bicyclic) bond motifs is 1. The van der Waals surface area contributed by atoms with Gasteiger partial charge in [0.2, 0.25) is 5.55 Å². The third-order valence-electron chi connectivity index (χ3n) is 3.85. The number of nitrogens with one attached hydrogen (secondary N) is 1. The Labute approximate surface area is 152 Å². The number of ether oxygens (including phenoxy) is 1. The summed E-state index contributed by atoms with van der Waals surface area (Å²) in [6.45, 7) is 0. The van der Waals surface area contributed by atoms with Gasteiger partial charge in [0.15, 0.2) is 0 Å². The number of thiazole rings is 1. The van der Waals surface area contributed by atoms with Crippen molar-refractivity contribution in [1.82, 2.24) is 4.98 Å². The van der Waals surface area contributed by atoms with E-state index in [0.717, 1.165) is 21.7 Å². The number of halogens is 1. The Hall–Kier alpha value is -2.63. The number of hydrogen-bond donors (Lipinski definition) is 1. The van der Waals surface area contributed by atoms with Gasteiger partial charge in [0.1, 0.15) is 16.3 Å². The third-order valence-corrected chi connectivity index (χ3v) is 4.96. The molecular weight excluding hydrogens is 356 g/mol. The molecule has 0 spiro atoms. The van der Waals surface area contributed by atoms with Gasteiger partial charge in [-0.15, -0.1) is 11.3 Å². The van der Waals surface area contributed by atoms with Gasteiger partial charge in [0, 0.05) is 21.4 Å². The van der Waals surface area contributed by atoms with E-state index in [1.807, 2.05) is 47.8 Å². The minimum atomic E-state index is 0.0951. The molecule has 0 aliphatic heterocycles. The van der Waals surface area contributed by atoms with Gasteiger partial charge in [-0.25, -0.2) is 4.98 Å². The quantitative estimate of drug-likeness (QED) is 0.529. The molecule has 0 bridgehead atoms. The van der Waals surface area contributed by atoms with Gasteiger partial charge >= 0.3 is 0 Å². The average molecular weight is 369 g/mol. The van der Waals surface area contributed by atoms with Gasteiger partial charge in [-0.1, -0.05) is 29.8 Å². The van der Waals surface area contributed by atoms with Gasteiger partial charge in [0.25, 0.3) is 0 Å². The van der Waals surface area contributed by atoms with Crippen LogP contribution in [-0.2, 0) is 0 Å². The Balaban J connectivity index is 1.84. The molecule has 2 aromatic carbocycles. The Bertz CT molecular complexity index is 1130. The van der Waals surface area contributed by atoms with Crippen molar-refractivity contribution in [2.75, 3.05) is 7.11 Å². The molecule has 4 aromatic rings. The molecule has 0 amide bonds. The van der Waals surface area contributed by atoms with E-state index < -0.39 is 0 Å². The van der Waals surface area contributed by atoms with Gasteiger partial charge in [-0.2, -0.15) is 0 Å². The number of benzene rings is 2. The highest BCUT2D eigenvalue weighted by Crippen LogP contribution is 2.35. The highest BCUT2D eigenvalue weighted by Gasteiger charge is 2.14. The van der Waals surface area contributed by atoms with Gasteiger partial charge in [-0.3, -0.25) is 5.41 Å². The minimum absolute atomic E-state index is 0.0951. The average Bonchev–Trinajstić information content (AvgIpc) is 3.10. The molecule has 0 saturated carbocycles. The van der Waals surface area contributed by atoms with Crippen LogP contribution in [0.2, 0.25) is 5.02 Å². The third kappa shape index (κ3) is 2.92. The van der Waals surface area contributed by atoms with E-state index in [-0.39, 0.29) is 5.55 Å². The lowest BCUT2D eigenvalue weighted by atomic mass is 10.1.